The van der Waals surface area contributed by atoms with E-state index in [1.54, 1.807) is 0 Å². The molecule has 0 bridgehead atoms. The first kappa shape index (κ1) is 8.64. The molecule has 0 saturated carbocycles. The molecule has 0 aliphatic carbocycles. The molecule has 0 aliphatic heterocycles. The van der Waals surface area contributed by atoms with Crippen molar-refractivity contribution in [3.63, 3.8) is 0 Å². The third-order valence-corrected chi connectivity index (χ3v) is 1.33. The van der Waals surface area contributed by atoms with Crippen LogP contribution in [0.25, 0.3) is 0 Å². The van der Waals surface area contributed by atoms with Gasteiger partial charge in [0.15, 0.2) is 0 Å². The summed E-state index contributed by atoms with van der Waals surface area (Å²) >= 11 is 0. The molecule has 12 heavy (non-hydrogen) atoms. The Balaban J connectivity index is 2.96. The maximum absolute atomic E-state index is 11.8. The molecular weight excluding hydrogens is 166 g/mol. The van der Waals surface area contributed by atoms with Crippen LogP contribution in [0.2, 0.25) is 0 Å². The van der Waals surface area contributed by atoms with Gasteiger partial charge in [0.2, 0.25) is 5.78 Å². The number of rotatable bonds is 2. The van der Waals surface area contributed by atoms with Crippen LogP contribution in [-0.4, -0.2) is 17.3 Å². The Bertz CT molecular complexity index is 297. The lowest BCUT2D eigenvalue weighted by atomic mass is 10.1. The van der Waals surface area contributed by atoms with Gasteiger partial charge in [-0.2, -0.15) is 0 Å². The molecule has 0 spiro atoms. The number of hydrogen-bond donors (Lipinski definition) is 1. The van der Waals surface area contributed by atoms with Gasteiger partial charge in [-0.25, -0.2) is 8.78 Å². The van der Waals surface area contributed by atoms with Crippen molar-refractivity contribution in [3.8, 4) is 5.75 Å². The van der Waals surface area contributed by atoms with Gasteiger partial charge in [-0.1, -0.05) is 12.1 Å². The molecule has 0 heterocycles. The lowest BCUT2D eigenvalue weighted by Gasteiger charge is -1.98. The molecule has 0 fully saturated rings. The van der Waals surface area contributed by atoms with E-state index in [1.807, 2.05) is 0 Å². The highest BCUT2D eigenvalue weighted by Gasteiger charge is 2.17. The summed E-state index contributed by atoms with van der Waals surface area (Å²) in [5.74, 6) is -1.47. The minimum Gasteiger partial charge on any atom is -0.508 e. The minimum absolute atomic E-state index is 0.176. The van der Waals surface area contributed by atoms with Gasteiger partial charge < -0.3 is 5.11 Å². The second kappa shape index (κ2) is 3.30. The van der Waals surface area contributed by atoms with Crippen LogP contribution in [0.4, 0.5) is 8.78 Å². The van der Waals surface area contributed by atoms with E-state index in [4.69, 9.17) is 5.11 Å². The van der Waals surface area contributed by atoms with Gasteiger partial charge in [-0.3, -0.25) is 4.79 Å². The summed E-state index contributed by atoms with van der Waals surface area (Å²) in [7, 11) is 0. The van der Waals surface area contributed by atoms with E-state index in [0.29, 0.717) is 0 Å². The van der Waals surface area contributed by atoms with Gasteiger partial charge in [0.25, 0.3) is 0 Å². The molecule has 1 aromatic carbocycles. The van der Waals surface area contributed by atoms with Crippen molar-refractivity contribution in [1.82, 2.24) is 0 Å². The molecular formula is C8H6F2O2. The molecule has 2 nitrogen and oxygen atoms in total. The van der Waals surface area contributed by atoms with Crippen molar-refractivity contribution in [2.45, 2.75) is 6.43 Å². The monoisotopic (exact) mass is 172 g/mol. The number of alkyl halides is 2. The zero-order valence-electron chi connectivity index (χ0n) is 6.00. The van der Waals surface area contributed by atoms with Crippen molar-refractivity contribution < 1.29 is 18.7 Å². The van der Waals surface area contributed by atoms with Crippen molar-refractivity contribution in [3.05, 3.63) is 29.8 Å². The molecule has 0 saturated heterocycles. The molecule has 0 unspecified atom stereocenters. The van der Waals surface area contributed by atoms with Crippen LogP contribution in [0.15, 0.2) is 24.3 Å². The Morgan fingerprint density at radius 3 is 2.58 bits per heavy atom. The number of carbonyl (C=O) groups excluding carboxylic acids is 1. The fourth-order valence-corrected chi connectivity index (χ4v) is 0.785. The molecule has 0 atom stereocenters. The molecule has 4 heteroatoms. The molecule has 0 amide bonds. The molecule has 1 aromatic rings. The van der Waals surface area contributed by atoms with E-state index in [1.165, 1.54) is 18.2 Å². The summed E-state index contributed by atoms with van der Waals surface area (Å²) in [6, 6.07) is 4.88. The van der Waals surface area contributed by atoms with Crippen LogP contribution < -0.4 is 0 Å². The standard InChI is InChI=1S/C8H6F2O2/c9-8(10)7(12)5-2-1-3-6(11)4-5/h1-4,8,11H. The summed E-state index contributed by atoms with van der Waals surface area (Å²) in [6.45, 7) is 0. The summed E-state index contributed by atoms with van der Waals surface area (Å²) < 4.78 is 23.6. The number of Topliss-reactive ketones (excluding diaryl/α,β-unsaturated/α-hetero) is 1. The molecule has 64 valence electrons. The first-order valence-corrected chi connectivity index (χ1v) is 3.22. The van der Waals surface area contributed by atoms with Gasteiger partial charge in [-0.05, 0) is 12.1 Å². The zero-order chi connectivity index (χ0) is 9.14. The summed E-state index contributed by atoms with van der Waals surface area (Å²) in [6.07, 6.45) is -3.02. The van der Waals surface area contributed by atoms with Crippen molar-refractivity contribution >= 4 is 5.78 Å². The summed E-state index contributed by atoms with van der Waals surface area (Å²) in [5, 5.41) is 8.85. The van der Waals surface area contributed by atoms with Crippen molar-refractivity contribution in [2.75, 3.05) is 0 Å². The smallest absolute Gasteiger partial charge is 0.300 e. The normalized spacial score (nSPS) is 10.2. The highest BCUT2D eigenvalue weighted by molar-refractivity contribution is 5.98. The van der Waals surface area contributed by atoms with Crippen molar-refractivity contribution in [2.24, 2.45) is 0 Å². The fourth-order valence-electron chi connectivity index (χ4n) is 0.785. The number of carbonyl (C=O) groups is 1. The number of phenolic OH excluding ortho intramolecular Hbond substituents is 1. The quantitative estimate of drug-likeness (QED) is 0.691. The molecule has 1 rings (SSSR count). The average molecular weight is 172 g/mol. The Kier molecular flexibility index (Phi) is 2.38. The van der Waals surface area contributed by atoms with Gasteiger partial charge in [0.1, 0.15) is 5.75 Å². The zero-order valence-corrected chi connectivity index (χ0v) is 6.00. The molecule has 0 radical (unpaired) electrons. The Hall–Kier alpha value is -1.45. The van der Waals surface area contributed by atoms with Gasteiger partial charge >= 0.3 is 6.43 Å². The Morgan fingerprint density at radius 2 is 2.08 bits per heavy atom. The second-order valence-corrected chi connectivity index (χ2v) is 2.22. The highest BCUT2D eigenvalue weighted by Crippen LogP contribution is 2.13. The van der Waals surface area contributed by atoms with E-state index >= 15 is 0 Å². The maximum Gasteiger partial charge on any atom is 0.300 e. The lowest BCUT2D eigenvalue weighted by Crippen LogP contribution is -2.09. The average Bonchev–Trinajstić information content (AvgIpc) is 2.03. The summed E-state index contributed by atoms with van der Waals surface area (Å²) in [4.78, 5) is 10.6. The maximum atomic E-state index is 11.8. The molecule has 0 aromatic heterocycles. The van der Waals surface area contributed by atoms with Crippen LogP contribution >= 0.6 is 0 Å². The third-order valence-electron chi connectivity index (χ3n) is 1.33. The van der Waals surface area contributed by atoms with Gasteiger partial charge in [-0.15, -0.1) is 0 Å². The second-order valence-electron chi connectivity index (χ2n) is 2.22. The number of ketones is 1. The minimum atomic E-state index is -3.02. The van der Waals surface area contributed by atoms with Crippen LogP contribution in [0, 0.1) is 0 Å². The van der Waals surface area contributed by atoms with E-state index < -0.39 is 12.2 Å². The number of hydrogen-bond acceptors (Lipinski definition) is 2. The van der Waals surface area contributed by atoms with E-state index in [2.05, 4.69) is 0 Å². The Morgan fingerprint density at radius 1 is 1.42 bits per heavy atom. The highest BCUT2D eigenvalue weighted by atomic mass is 19.3. The number of benzene rings is 1. The molecule has 0 aliphatic rings. The largest absolute Gasteiger partial charge is 0.508 e. The first-order valence-electron chi connectivity index (χ1n) is 3.22. The van der Waals surface area contributed by atoms with Crippen molar-refractivity contribution in [1.29, 1.82) is 0 Å². The fraction of sp³-hybridized carbons (Fsp3) is 0.125. The summed E-state index contributed by atoms with van der Waals surface area (Å²) in [5.41, 5.74) is -0.176. The predicted octanol–water partition coefficient (Wildman–Crippen LogP) is 1.84. The van der Waals surface area contributed by atoms with Crippen LogP contribution in [0.5, 0.6) is 5.75 Å². The van der Waals surface area contributed by atoms with Crippen LogP contribution in [0.1, 0.15) is 10.4 Å². The SMILES string of the molecule is O=C(c1cccc(O)c1)C(F)F. The Labute approximate surface area is 67.4 Å². The van der Waals surface area contributed by atoms with Gasteiger partial charge in [0.05, 0.1) is 0 Å². The van der Waals surface area contributed by atoms with Crippen LogP contribution in [0.3, 0.4) is 0 Å². The topological polar surface area (TPSA) is 37.3 Å². The molecule has 1 N–H and O–H groups in total. The van der Waals surface area contributed by atoms with Crippen LogP contribution in [-0.2, 0) is 0 Å². The predicted molar refractivity (Wildman–Crippen MR) is 38.4 cm³/mol. The number of aromatic hydroxyl groups is 1. The van der Waals surface area contributed by atoms with Gasteiger partial charge in [0, 0.05) is 5.56 Å². The first-order chi connectivity index (χ1) is 5.61. The van der Waals surface area contributed by atoms with E-state index in [-0.39, 0.29) is 11.3 Å². The lowest BCUT2D eigenvalue weighted by molar-refractivity contribution is 0.0678. The third kappa shape index (κ3) is 1.78. The number of phenols is 1. The van der Waals surface area contributed by atoms with E-state index in [0.717, 1.165) is 6.07 Å². The number of halogens is 2. The van der Waals surface area contributed by atoms with E-state index in [9.17, 15) is 13.6 Å².